The predicted octanol–water partition coefficient (Wildman–Crippen LogP) is 0.876. The Labute approximate surface area is 95.4 Å². The van der Waals surface area contributed by atoms with Crippen LogP contribution in [0.1, 0.15) is 33.1 Å². The van der Waals surface area contributed by atoms with Crippen molar-refractivity contribution in [3.63, 3.8) is 0 Å². The molecule has 0 spiro atoms. The zero-order valence-corrected chi connectivity index (χ0v) is 9.97. The van der Waals surface area contributed by atoms with Gasteiger partial charge in [-0.05, 0) is 26.2 Å². The van der Waals surface area contributed by atoms with Gasteiger partial charge in [-0.15, -0.1) is 0 Å². The first-order valence-electron chi connectivity index (χ1n) is 5.62. The molecular weight excluding hydrogens is 210 g/mol. The van der Waals surface area contributed by atoms with Gasteiger partial charge in [-0.1, -0.05) is 6.92 Å². The lowest BCUT2D eigenvalue weighted by atomic mass is 10.1. The van der Waals surface area contributed by atoms with Crippen LogP contribution in [0.15, 0.2) is 0 Å². The Bertz CT molecular complexity index is 279. The maximum absolute atomic E-state index is 11.9. The van der Waals surface area contributed by atoms with Crippen LogP contribution in [0.4, 0.5) is 0 Å². The van der Waals surface area contributed by atoms with E-state index in [2.05, 4.69) is 0 Å². The molecule has 1 aliphatic heterocycles. The first kappa shape index (κ1) is 13.0. The van der Waals surface area contributed by atoms with E-state index in [1.807, 2.05) is 6.92 Å². The van der Waals surface area contributed by atoms with Gasteiger partial charge in [0.2, 0.25) is 0 Å². The number of hydrogen-bond acceptors (Lipinski definition) is 3. The van der Waals surface area contributed by atoms with Crippen LogP contribution in [0.2, 0.25) is 0 Å². The first-order chi connectivity index (χ1) is 7.47. The molecule has 1 rings (SSSR count). The van der Waals surface area contributed by atoms with Gasteiger partial charge in [0, 0.05) is 7.05 Å². The third-order valence-electron chi connectivity index (χ3n) is 3.12. The Morgan fingerprint density at radius 3 is 2.56 bits per heavy atom. The van der Waals surface area contributed by atoms with Gasteiger partial charge in [-0.3, -0.25) is 4.79 Å². The van der Waals surface area contributed by atoms with Crippen LogP contribution in [0.3, 0.4) is 0 Å². The van der Waals surface area contributed by atoms with E-state index in [4.69, 9.17) is 9.84 Å². The van der Waals surface area contributed by atoms with Crippen molar-refractivity contribution in [1.29, 1.82) is 0 Å². The van der Waals surface area contributed by atoms with Gasteiger partial charge in [-0.25, -0.2) is 4.79 Å². The first-order valence-corrected chi connectivity index (χ1v) is 5.62. The smallest absolute Gasteiger partial charge is 0.326 e. The number of rotatable bonds is 4. The molecule has 3 atom stereocenters. The summed E-state index contributed by atoms with van der Waals surface area (Å²) in [6, 6.07) is -0.809. The molecule has 0 aliphatic carbocycles. The standard InChI is InChI=1S/C11H19NO4/c1-4-8-5-6-9(16-8)10(13)12(3)7(2)11(14)15/h7-9H,4-6H2,1-3H3,(H,14,15). The average molecular weight is 229 g/mol. The summed E-state index contributed by atoms with van der Waals surface area (Å²) in [4.78, 5) is 23.9. The number of carbonyl (C=O) groups excluding carboxylic acids is 1. The van der Waals surface area contributed by atoms with Gasteiger partial charge in [0.1, 0.15) is 12.1 Å². The molecule has 1 fully saturated rings. The highest BCUT2D eigenvalue weighted by molar-refractivity contribution is 5.86. The Morgan fingerprint density at radius 1 is 1.50 bits per heavy atom. The van der Waals surface area contributed by atoms with E-state index < -0.39 is 18.1 Å². The molecule has 1 N–H and O–H groups in total. The van der Waals surface area contributed by atoms with Crippen molar-refractivity contribution in [1.82, 2.24) is 4.90 Å². The SMILES string of the molecule is CCC1CCC(C(=O)N(C)C(C)C(=O)O)O1. The van der Waals surface area contributed by atoms with Crippen molar-refractivity contribution in [2.45, 2.75) is 51.4 Å². The summed E-state index contributed by atoms with van der Waals surface area (Å²) >= 11 is 0. The lowest BCUT2D eigenvalue weighted by Crippen LogP contribution is -2.45. The van der Waals surface area contributed by atoms with Crippen molar-refractivity contribution >= 4 is 11.9 Å². The van der Waals surface area contributed by atoms with Crippen LogP contribution in [-0.2, 0) is 14.3 Å². The van der Waals surface area contributed by atoms with Crippen molar-refractivity contribution < 1.29 is 19.4 Å². The molecule has 0 radical (unpaired) electrons. The Hall–Kier alpha value is -1.10. The van der Waals surface area contributed by atoms with E-state index in [9.17, 15) is 9.59 Å². The van der Waals surface area contributed by atoms with Crippen LogP contribution < -0.4 is 0 Å². The van der Waals surface area contributed by atoms with Gasteiger partial charge < -0.3 is 14.7 Å². The summed E-state index contributed by atoms with van der Waals surface area (Å²) < 4.78 is 5.54. The van der Waals surface area contributed by atoms with Gasteiger partial charge in [0.15, 0.2) is 0 Å². The third-order valence-corrected chi connectivity index (χ3v) is 3.12. The van der Waals surface area contributed by atoms with E-state index in [1.54, 1.807) is 0 Å². The maximum atomic E-state index is 11.9. The van der Waals surface area contributed by atoms with Crippen molar-refractivity contribution in [3.05, 3.63) is 0 Å². The summed E-state index contributed by atoms with van der Waals surface area (Å²) in [5, 5.41) is 8.81. The van der Waals surface area contributed by atoms with Crippen molar-refractivity contribution in [2.75, 3.05) is 7.05 Å². The van der Waals surface area contributed by atoms with Crippen LogP contribution >= 0.6 is 0 Å². The number of likely N-dealkylation sites (N-methyl/N-ethyl adjacent to an activating group) is 1. The largest absolute Gasteiger partial charge is 0.480 e. The summed E-state index contributed by atoms with van der Waals surface area (Å²) in [6.45, 7) is 3.51. The zero-order valence-electron chi connectivity index (χ0n) is 9.97. The second-order valence-electron chi connectivity index (χ2n) is 4.20. The molecule has 0 bridgehead atoms. The highest BCUT2D eigenvalue weighted by atomic mass is 16.5. The average Bonchev–Trinajstić information content (AvgIpc) is 2.74. The number of carboxylic acids is 1. The highest BCUT2D eigenvalue weighted by Crippen LogP contribution is 2.23. The van der Waals surface area contributed by atoms with Crippen LogP contribution in [0, 0.1) is 0 Å². The van der Waals surface area contributed by atoms with E-state index in [1.165, 1.54) is 18.9 Å². The molecule has 92 valence electrons. The molecule has 16 heavy (non-hydrogen) atoms. The number of amides is 1. The van der Waals surface area contributed by atoms with Crippen molar-refractivity contribution in [3.8, 4) is 0 Å². The highest BCUT2D eigenvalue weighted by Gasteiger charge is 2.34. The molecule has 1 amide bonds. The fraction of sp³-hybridized carbons (Fsp3) is 0.818. The molecule has 5 heteroatoms. The molecule has 1 aliphatic rings. The fourth-order valence-electron chi connectivity index (χ4n) is 1.77. The third kappa shape index (κ3) is 2.72. The summed E-state index contributed by atoms with van der Waals surface area (Å²) in [5.41, 5.74) is 0. The number of aliphatic carboxylic acids is 1. The van der Waals surface area contributed by atoms with Gasteiger partial charge in [-0.2, -0.15) is 0 Å². The van der Waals surface area contributed by atoms with Crippen LogP contribution in [0.5, 0.6) is 0 Å². The normalized spacial score (nSPS) is 26.4. The van der Waals surface area contributed by atoms with E-state index in [-0.39, 0.29) is 12.0 Å². The topological polar surface area (TPSA) is 66.8 Å². The minimum Gasteiger partial charge on any atom is -0.480 e. The Balaban J connectivity index is 2.55. The van der Waals surface area contributed by atoms with E-state index in [0.717, 1.165) is 12.8 Å². The number of ether oxygens (including phenoxy) is 1. The second kappa shape index (κ2) is 5.30. The minimum absolute atomic E-state index is 0.141. The second-order valence-corrected chi connectivity index (χ2v) is 4.20. The molecule has 1 heterocycles. The predicted molar refractivity (Wildman–Crippen MR) is 58.1 cm³/mol. The summed E-state index contributed by atoms with van der Waals surface area (Å²) in [7, 11) is 1.50. The van der Waals surface area contributed by atoms with Crippen LogP contribution in [-0.4, -0.2) is 47.2 Å². The summed E-state index contributed by atoms with van der Waals surface area (Å²) in [5.74, 6) is -1.23. The molecular formula is C11H19NO4. The quantitative estimate of drug-likeness (QED) is 0.777. The maximum Gasteiger partial charge on any atom is 0.326 e. The molecule has 1 saturated heterocycles. The van der Waals surface area contributed by atoms with Gasteiger partial charge >= 0.3 is 5.97 Å². The monoisotopic (exact) mass is 229 g/mol. The molecule has 0 aromatic rings. The molecule has 0 saturated carbocycles. The zero-order chi connectivity index (χ0) is 12.3. The number of carbonyl (C=O) groups is 2. The van der Waals surface area contributed by atoms with E-state index >= 15 is 0 Å². The number of carboxylic acid groups (broad SMARTS) is 1. The van der Waals surface area contributed by atoms with Gasteiger partial charge in [0.05, 0.1) is 6.10 Å². The molecule has 0 aromatic heterocycles. The molecule has 3 unspecified atom stereocenters. The number of hydrogen-bond donors (Lipinski definition) is 1. The van der Waals surface area contributed by atoms with Gasteiger partial charge in [0.25, 0.3) is 5.91 Å². The fourth-order valence-corrected chi connectivity index (χ4v) is 1.77. The lowest BCUT2D eigenvalue weighted by molar-refractivity contribution is -0.153. The van der Waals surface area contributed by atoms with Crippen LogP contribution in [0.25, 0.3) is 0 Å². The lowest BCUT2D eigenvalue weighted by Gasteiger charge is -2.24. The summed E-state index contributed by atoms with van der Waals surface area (Å²) in [6.07, 6.45) is 2.14. The Morgan fingerprint density at radius 2 is 2.12 bits per heavy atom. The number of nitrogens with zero attached hydrogens (tertiary/aromatic N) is 1. The molecule has 5 nitrogen and oxygen atoms in total. The minimum atomic E-state index is -0.999. The van der Waals surface area contributed by atoms with E-state index in [0.29, 0.717) is 6.42 Å². The van der Waals surface area contributed by atoms with Crippen molar-refractivity contribution in [2.24, 2.45) is 0 Å². The molecule has 0 aromatic carbocycles. The Kier molecular flexibility index (Phi) is 4.29.